The third-order valence-electron chi connectivity index (χ3n) is 1.56. The molecular formula is C8H10N2O2. The van der Waals surface area contributed by atoms with Crippen LogP contribution in [0.5, 0.6) is 5.88 Å². The zero-order chi connectivity index (χ0) is 9.14. The van der Waals surface area contributed by atoms with Gasteiger partial charge in [0.25, 0.3) is 5.91 Å². The number of pyridine rings is 1. The SMILES string of the molecule is COc1cc(C)c(C(N)=O)cn1. The quantitative estimate of drug-likeness (QED) is 0.695. The van der Waals surface area contributed by atoms with E-state index in [9.17, 15) is 4.79 Å². The number of carbonyl (C=O) groups excluding carboxylic acids is 1. The molecule has 1 amide bonds. The number of amides is 1. The van der Waals surface area contributed by atoms with Crippen molar-refractivity contribution in [3.05, 3.63) is 23.4 Å². The number of nitrogens with zero attached hydrogens (tertiary/aromatic N) is 1. The average molecular weight is 166 g/mol. The summed E-state index contributed by atoms with van der Waals surface area (Å²) in [5.74, 6) is 0.0140. The minimum atomic E-state index is -0.470. The Kier molecular flexibility index (Phi) is 2.28. The van der Waals surface area contributed by atoms with Gasteiger partial charge in [-0.3, -0.25) is 4.79 Å². The summed E-state index contributed by atoms with van der Waals surface area (Å²) in [5, 5.41) is 0. The second kappa shape index (κ2) is 3.21. The molecule has 0 aliphatic carbocycles. The Morgan fingerprint density at radius 1 is 1.67 bits per heavy atom. The van der Waals surface area contributed by atoms with Crippen LogP contribution in [-0.2, 0) is 0 Å². The molecule has 0 aliphatic rings. The molecule has 4 nitrogen and oxygen atoms in total. The molecule has 1 aromatic rings. The van der Waals surface area contributed by atoms with Crippen molar-refractivity contribution >= 4 is 5.91 Å². The monoisotopic (exact) mass is 166 g/mol. The number of hydrogen-bond donors (Lipinski definition) is 1. The van der Waals surface area contributed by atoms with Gasteiger partial charge in [0.15, 0.2) is 0 Å². The van der Waals surface area contributed by atoms with Gasteiger partial charge in [-0.2, -0.15) is 0 Å². The van der Waals surface area contributed by atoms with Crippen LogP contribution in [0.2, 0.25) is 0 Å². The Morgan fingerprint density at radius 2 is 2.33 bits per heavy atom. The highest BCUT2D eigenvalue weighted by Gasteiger charge is 2.05. The van der Waals surface area contributed by atoms with Crippen molar-refractivity contribution in [1.82, 2.24) is 4.98 Å². The van der Waals surface area contributed by atoms with E-state index in [0.29, 0.717) is 11.4 Å². The van der Waals surface area contributed by atoms with E-state index in [1.165, 1.54) is 13.3 Å². The first-order valence-corrected chi connectivity index (χ1v) is 3.45. The van der Waals surface area contributed by atoms with E-state index >= 15 is 0 Å². The highest BCUT2D eigenvalue weighted by atomic mass is 16.5. The molecule has 0 aromatic carbocycles. The summed E-state index contributed by atoms with van der Waals surface area (Å²) >= 11 is 0. The van der Waals surface area contributed by atoms with Crippen molar-refractivity contribution in [2.45, 2.75) is 6.92 Å². The summed E-state index contributed by atoms with van der Waals surface area (Å²) in [4.78, 5) is 14.6. The van der Waals surface area contributed by atoms with Crippen LogP contribution in [0, 0.1) is 6.92 Å². The number of ether oxygens (including phenoxy) is 1. The maximum atomic E-state index is 10.8. The standard InChI is InChI=1S/C8H10N2O2/c1-5-3-7(12-2)10-4-6(5)8(9)11/h3-4H,1-2H3,(H2,9,11). The summed E-state index contributed by atoms with van der Waals surface area (Å²) in [7, 11) is 1.52. The molecule has 0 unspecified atom stereocenters. The zero-order valence-electron chi connectivity index (χ0n) is 7.00. The van der Waals surface area contributed by atoms with E-state index in [2.05, 4.69) is 4.98 Å². The fraction of sp³-hybridized carbons (Fsp3) is 0.250. The maximum absolute atomic E-state index is 10.8. The molecule has 0 bridgehead atoms. The van der Waals surface area contributed by atoms with E-state index in [1.54, 1.807) is 13.0 Å². The van der Waals surface area contributed by atoms with Gasteiger partial charge in [0, 0.05) is 12.3 Å². The third-order valence-corrected chi connectivity index (χ3v) is 1.56. The molecule has 4 heteroatoms. The van der Waals surface area contributed by atoms with Crippen LogP contribution in [0.3, 0.4) is 0 Å². The summed E-state index contributed by atoms with van der Waals surface area (Å²) in [6.07, 6.45) is 1.41. The summed E-state index contributed by atoms with van der Waals surface area (Å²) in [6, 6.07) is 1.67. The molecule has 64 valence electrons. The number of aromatic nitrogens is 1. The Labute approximate surface area is 70.4 Å². The smallest absolute Gasteiger partial charge is 0.250 e. The topological polar surface area (TPSA) is 65.2 Å². The summed E-state index contributed by atoms with van der Waals surface area (Å²) in [5.41, 5.74) is 6.29. The fourth-order valence-corrected chi connectivity index (χ4v) is 0.900. The normalized spacial score (nSPS) is 9.50. The molecule has 12 heavy (non-hydrogen) atoms. The molecule has 0 fully saturated rings. The highest BCUT2D eigenvalue weighted by Crippen LogP contribution is 2.12. The van der Waals surface area contributed by atoms with Crippen molar-refractivity contribution in [1.29, 1.82) is 0 Å². The molecular weight excluding hydrogens is 156 g/mol. The van der Waals surface area contributed by atoms with Crippen LogP contribution < -0.4 is 10.5 Å². The molecule has 0 radical (unpaired) electrons. The van der Waals surface area contributed by atoms with E-state index in [4.69, 9.17) is 10.5 Å². The van der Waals surface area contributed by atoms with E-state index in [1.807, 2.05) is 0 Å². The molecule has 0 atom stereocenters. The Bertz CT molecular complexity index is 310. The van der Waals surface area contributed by atoms with Crippen molar-refractivity contribution < 1.29 is 9.53 Å². The maximum Gasteiger partial charge on any atom is 0.250 e. The summed E-state index contributed by atoms with van der Waals surface area (Å²) in [6.45, 7) is 1.78. The predicted octanol–water partition coefficient (Wildman–Crippen LogP) is 0.498. The molecule has 1 aromatic heterocycles. The lowest BCUT2D eigenvalue weighted by molar-refractivity contribution is 0.0999. The van der Waals surface area contributed by atoms with Gasteiger partial charge in [0.2, 0.25) is 5.88 Å². The van der Waals surface area contributed by atoms with Gasteiger partial charge in [0.05, 0.1) is 12.7 Å². The minimum absolute atomic E-state index is 0.427. The Balaban J connectivity index is 3.12. The molecule has 0 saturated heterocycles. The number of primary amides is 1. The molecule has 0 spiro atoms. The largest absolute Gasteiger partial charge is 0.481 e. The van der Waals surface area contributed by atoms with Crippen molar-refractivity contribution in [3.8, 4) is 5.88 Å². The Hall–Kier alpha value is -1.58. The second-order valence-electron chi connectivity index (χ2n) is 2.41. The van der Waals surface area contributed by atoms with Crippen LogP contribution in [-0.4, -0.2) is 18.0 Å². The molecule has 2 N–H and O–H groups in total. The predicted molar refractivity (Wildman–Crippen MR) is 44.0 cm³/mol. The number of nitrogens with two attached hydrogens (primary N) is 1. The number of rotatable bonds is 2. The molecule has 1 rings (SSSR count). The molecule has 0 saturated carbocycles. The van der Waals surface area contributed by atoms with Gasteiger partial charge in [-0.15, -0.1) is 0 Å². The van der Waals surface area contributed by atoms with Gasteiger partial charge in [-0.1, -0.05) is 0 Å². The minimum Gasteiger partial charge on any atom is -0.481 e. The fourth-order valence-electron chi connectivity index (χ4n) is 0.900. The van der Waals surface area contributed by atoms with Crippen LogP contribution in [0.25, 0.3) is 0 Å². The first-order valence-electron chi connectivity index (χ1n) is 3.45. The van der Waals surface area contributed by atoms with Gasteiger partial charge >= 0.3 is 0 Å². The number of methoxy groups -OCH3 is 1. The number of hydrogen-bond acceptors (Lipinski definition) is 3. The van der Waals surface area contributed by atoms with Crippen molar-refractivity contribution in [2.75, 3.05) is 7.11 Å². The van der Waals surface area contributed by atoms with Gasteiger partial charge in [-0.05, 0) is 12.5 Å². The van der Waals surface area contributed by atoms with E-state index < -0.39 is 5.91 Å². The first kappa shape index (κ1) is 8.52. The van der Waals surface area contributed by atoms with Crippen LogP contribution in [0.4, 0.5) is 0 Å². The lowest BCUT2D eigenvalue weighted by Crippen LogP contribution is -2.13. The Morgan fingerprint density at radius 3 is 2.75 bits per heavy atom. The lowest BCUT2D eigenvalue weighted by Gasteiger charge is -2.02. The van der Waals surface area contributed by atoms with Crippen LogP contribution in [0.1, 0.15) is 15.9 Å². The van der Waals surface area contributed by atoms with E-state index in [0.717, 1.165) is 5.56 Å². The third kappa shape index (κ3) is 1.53. The molecule has 0 aliphatic heterocycles. The van der Waals surface area contributed by atoms with Crippen LogP contribution in [0.15, 0.2) is 12.3 Å². The average Bonchev–Trinajstić information content (AvgIpc) is 2.03. The highest BCUT2D eigenvalue weighted by molar-refractivity contribution is 5.93. The number of aryl methyl sites for hydroxylation is 1. The second-order valence-corrected chi connectivity index (χ2v) is 2.41. The molecule has 1 heterocycles. The zero-order valence-corrected chi connectivity index (χ0v) is 7.00. The van der Waals surface area contributed by atoms with Gasteiger partial charge in [-0.25, -0.2) is 4.98 Å². The van der Waals surface area contributed by atoms with E-state index in [-0.39, 0.29) is 0 Å². The van der Waals surface area contributed by atoms with Gasteiger partial charge in [0.1, 0.15) is 0 Å². The lowest BCUT2D eigenvalue weighted by atomic mass is 10.1. The first-order chi connectivity index (χ1) is 5.65. The van der Waals surface area contributed by atoms with Gasteiger partial charge < -0.3 is 10.5 Å². The van der Waals surface area contributed by atoms with Crippen molar-refractivity contribution in [3.63, 3.8) is 0 Å². The van der Waals surface area contributed by atoms with Crippen LogP contribution >= 0.6 is 0 Å². The number of carbonyl (C=O) groups is 1. The summed E-state index contributed by atoms with van der Waals surface area (Å²) < 4.78 is 4.87. The van der Waals surface area contributed by atoms with Crippen molar-refractivity contribution in [2.24, 2.45) is 5.73 Å².